The molecule has 4 aromatic rings. The van der Waals surface area contributed by atoms with Crippen LogP contribution in [0.4, 0.5) is 4.39 Å². The molecule has 4 rings (SSSR count). The summed E-state index contributed by atoms with van der Waals surface area (Å²) in [6, 6.07) is 16.9. The maximum absolute atomic E-state index is 15.2. The quantitative estimate of drug-likeness (QED) is 0.469. The standard InChI is InChI=1S/C22H20FN3/c1-22(2,3)26-13-12-18-21(26)24-14-19(25-18)17-11-7-10-16(20(17)23)15-8-5-4-6-9-15/h4-14H,1-3H3. The Kier molecular flexibility index (Phi) is 3.83. The first-order chi connectivity index (χ1) is 12.4. The smallest absolute Gasteiger partial charge is 0.159 e. The molecule has 0 unspecified atom stereocenters. The molecule has 26 heavy (non-hydrogen) atoms. The van der Waals surface area contributed by atoms with E-state index in [2.05, 4.69) is 35.3 Å². The van der Waals surface area contributed by atoms with Gasteiger partial charge in [-0.2, -0.15) is 0 Å². The lowest BCUT2D eigenvalue weighted by molar-refractivity contribution is 0.408. The Bertz CT molecular complexity index is 1080. The van der Waals surface area contributed by atoms with Crippen molar-refractivity contribution in [1.82, 2.24) is 14.5 Å². The lowest BCUT2D eigenvalue weighted by atomic mass is 10.0. The predicted octanol–water partition coefficient (Wildman–Crippen LogP) is 5.66. The average Bonchev–Trinajstić information content (AvgIpc) is 3.06. The summed E-state index contributed by atoms with van der Waals surface area (Å²) >= 11 is 0. The van der Waals surface area contributed by atoms with Crippen LogP contribution in [0.2, 0.25) is 0 Å². The van der Waals surface area contributed by atoms with Gasteiger partial charge < -0.3 is 4.57 Å². The molecule has 0 aliphatic rings. The van der Waals surface area contributed by atoms with Crippen molar-refractivity contribution >= 4 is 11.2 Å². The third-order valence-corrected chi connectivity index (χ3v) is 4.47. The Labute approximate surface area is 152 Å². The van der Waals surface area contributed by atoms with E-state index >= 15 is 4.39 Å². The Hall–Kier alpha value is -3.01. The summed E-state index contributed by atoms with van der Waals surface area (Å²) in [6.07, 6.45) is 3.63. The molecule has 0 aliphatic carbocycles. The number of fused-ring (bicyclic) bond motifs is 1. The first-order valence-electron chi connectivity index (χ1n) is 8.64. The van der Waals surface area contributed by atoms with Gasteiger partial charge in [-0.1, -0.05) is 42.5 Å². The molecule has 2 aromatic carbocycles. The van der Waals surface area contributed by atoms with Crippen molar-refractivity contribution in [2.75, 3.05) is 0 Å². The van der Waals surface area contributed by atoms with Crippen molar-refractivity contribution in [2.45, 2.75) is 26.3 Å². The average molecular weight is 345 g/mol. The van der Waals surface area contributed by atoms with E-state index in [1.165, 1.54) is 0 Å². The zero-order valence-electron chi connectivity index (χ0n) is 15.1. The molecule has 0 fully saturated rings. The summed E-state index contributed by atoms with van der Waals surface area (Å²) < 4.78 is 17.2. The van der Waals surface area contributed by atoms with Crippen molar-refractivity contribution in [1.29, 1.82) is 0 Å². The second kappa shape index (κ2) is 6.06. The van der Waals surface area contributed by atoms with Crippen LogP contribution >= 0.6 is 0 Å². The van der Waals surface area contributed by atoms with Crippen LogP contribution in [-0.2, 0) is 5.54 Å². The van der Waals surface area contributed by atoms with Gasteiger partial charge in [0.1, 0.15) is 11.3 Å². The molecule has 0 N–H and O–H groups in total. The van der Waals surface area contributed by atoms with E-state index in [1.807, 2.05) is 48.7 Å². The molecule has 2 aromatic heterocycles. The highest BCUT2D eigenvalue weighted by atomic mass is 19.1. The van der Waals surface area contributed by atoms with E-state index in [-0.39, 0.29) is 11.4 Å². The highest BCUT2D eigenvalue weighted by molar-refractivity contribution is 5.77. The van der Waals surface area contributed by atoms with Gasteiger partial charge in [-0.05, 0) is 38.5 Å². The van der Waals surface area contributed by atoms with Crippen LogP contribution in [0.3, 0.4) is 0 Å². The lowest BCUT2D eigenvalue weighted by Crippen LogP contribution is -2.20. The number of halogens is 1. The molecule has 0 saturated heterocycles. The monoisotopic (exact) mass is 345 g/mol. The molecule has 0 spiro atoms. The Morgan fingerprint density at radius 3 is 2.35 bits per heavy atom. The number of benzene rings is 2. The molecule has 0 bridgehead atoms. The molecule has 4 heteroatoms. The largest absolute Gasteiger partial charge is 0.326 e. The maximum atomic E-state index is 15.2. The Morgan fingerprint density at radius 1 is 0.885 bits per heavy atom. The molecule has 3 nitrogen and oxygen atoms in total. The highest BCUT2D eigenvalue weighted by Gasteiger charge is 2.18. The summed E-state index contributed by atoms with van der Waals surface area (Å²) in [5, 5.41) is 0. The van der Waals surface area contributed by atoms with Crippen molar-refractivity contribution in [3.05, 3.63) is 72.8 Å². The summed E-state index contributed by atoms with van der Waals surface area (Å²) in [6.45, 7) is 6.35. The van der Waals surface area contributed by atoms with Crippen LogP contribution in [0, 0.1) is 5.82 Å². The van der Waals surface area contributed by atoms with Gasteiger partial charge in [0.05, 0.1) is 11.9 Å². The molecule has 0 aliphatic heterocycles. The minimum absolute atomic E-state index is 0.0869. The third-order valence-electron chi connectivity index (χ3n) is 4.47. The van der Waals surface area contributed by atoms with Crippen molar-refractivity contribution in [3.8, 4) is 22.4 Å². The number of aromatic nitrogens is 3. The van der Waals surface area contributed by atoms with Crippen LogP contribution in [0.1, 0.15) is 20.8 Å². The highest BCUT2D eigenvalue weighted by Crippen LogP contribution is 2.31. The Balaban J connectivity index is 1.84. The van der Waals surface area contributed by atoms with Crippen LogP contribution in [0.5, 0.6) is 0 Å². The third kappa shape index (κ3) is 2.77. The van der Waals surface area contributed by atoms with E-state index in [4.69, 9.17) is 0 Å². The van der Waals surface area contributed by atoms with Gasteiger partial charge in [-0.3, -0.25) is 0 Å². The van der Waals surface area contributed by atoms with E-state index in [0.29, 0.717) is 16.8 Å². The van der Waals surface area contributed by atoms with Crippen molar-refractivity contribution in [2.24, 2.45) is 0 Å². The topological polar surface area (TPSA) is 30.7 Å². The maximum Gasteiger partial charge on any atom is 0.159 e. The lowest BCUT2D eigenvalue weighted by Gasteiger charge is -2.21. The van der Waals surface area contributed by atoms with Gasteiger partial charge in [-0.25, -0.2) is 14.4 Å². The fraction of sp³-hybridized carbons (Fsp3) is 0.182. The van der Waals surface area contributed by atoms with Crippen LogP contribution in [0.25, 0.3) is 33.5 Å². The first kappa shape index (κ1) is 16.5. The van der Waals surface area contributed by atoms with E-state index in [0.717, 1.165) is 16.7 Å². The minimum Gasteiger partial charge on any atom is -0.326 e. The van der Waals surface area contributed by atoms with Crippen LogP contribution in [-0.4, -0.2) is 14.5 Å². The van der Waals surface area contributed by atoms with Gasteiger partial charge in [0, 0.05) is 22.9 Å². The zero-order chi connectivity index (χ0) is 18.3. The molecule has 0 amide bonds. The second-order valence-electron chi connectivity index (χ2n) is 7.35. The second-order valence-corrected chi connectivity index (χ2v) is 7.35. The normalized spacial score (nSPS) is 11.8. The molecule has 0 radical (unpaired) electrons. The van der Waals surface area contributed by atoms with Crippen molar-refractivity contribution in [3.63, 3.8) is 0 Å². The van der Waals surface area contributed by atoms with Gasteiger partial charge in [0.2, 0.25) is 0 Å². The summed E-state index contributed by atoms with van der Waals surface area (Å²) in [7, 11) is 0. The van der Waals surface area contributed by atoms with Gasteiger partial charge in [-0.15, -0.1) is 0 Å². The minimum atomic E-state index is -0.275. The van der Waals surface area contributed by atoms with Crippen LogP contribution in [0.15, 0.2) is 67.0 Å². The SMILES string of the molecule is CC(C)(C)n1ccc2nc(-c3cccc(-c4ccccc4)c3F)cnc21. The molecule has 0 saturated carbocycles. The van der Waals surface area contributed by atoms with E-state index < -0.39 is 0 Å². The summed E-state index contributed by atoms with van der Waals surface area (Å²) in [5.74, 6) is -0.275. The fourth-order valence-corrected chi connectivity index (χ4v) is 3.15. The van der Waals surface area contributed by atoms with E-state index in [9.17, 15) is 0 Å². The number of hydrogen-bond acceptors (Lipinski definition) is 2. The first-order valence-corrected chi connectivity index (χ1v) is 8.64. The number of hydrogen-bond donors (Lipinski definition) is 0. The van der Waals surface area contributed by atoms with Gasteiger partial charge in [0.25, 0.3) is 0 Å². The fourth-order valence-electron chi connectivity index (χ4n) is 3.15. The molecule has 2 heterocycles. The Morgan fingerprint density at radius 2 is 1.62 bits per heavy atom. The van der Waals surface area contributed by atoms with Gasteiger partial charge >= 0.3 is 0 Å². The molecule has 0 atom stereocenters. The summed E-state index contributed by atoms with van der Waals surface area (Å²) in [5.41, 5.74) is 3.90. The van der Waals surface area contributed by atoms with E-state index in [1.54, 1.807) is 18.3 Å². The predicted molar refractivity (Wildman–Crippen MR) is 103 cm³/mol. The molecule has 130 valence electrons. The van der Waals surface area contributed by atoms with Gasteiger partial charge in [0.15, 0.2) is 5.65 Å². The molecular formula is C22H20FN3. The summed E-state index contributed by atoms with van der Waals surface area (Å²) in [4.78, 5) is 9.21. The number of nitrogens with zero attached hydrogens (tertiary/aromatic N) is 3. The number of rotatable bonds is 2. The van der Waals surface area contributed by atoms with Crippen molar-refractivity contribution < 1.29 is 4.39 Å². The zero-order valence-corrected chi connectivity index (χ0v) is 15.1. The molecular weight excluding hydrogens is 325 g/mol. The van der Waals surface area contributed by atoms with Crippen LogP contribution < -0.4 is 0 Å².